The summed E-state index contributed by atoms with van der Waals surface area (Å²) < 4.78 is 9.95. The van der Waals surface area contributed by atoms with Crippen molar-refractivity contribution < 1.29 is 14.3 Å². The molecule has 1 aromatic rings. The van der Waals surface area contributed by atoms with Crippen LogP contribution in [0.3, 0.4) is 0 Å². The van der Waals surface area contributed by atoms with Crippen molar-refractivity contribution in [1.29, 1.82) is 0 Å². The molecule has 0 aliphatic carbocycles. The Morgan fingerprint density at radius 3 is 2.70 bits per heavy atom. The third kappa shape index (κ3) is 5.19. The molecule has 0 saturated heterocycles. The van der Waals surface area contributed by atoms with Crippen LogP contribution in [0.4, 0.5) is 0 Å². The first-order valence-corrected chi connectivity index (χ1v) is 6.72. The zero-order valence-corrected chi connectivity index (χ0v) is 12.5. The highest BCUT2D eigenvalue weighted by molar-refractivity contribution is 5.69. The number of nitrogens with two attached hydrogens (primary N) is 1. The topological polar surface area (TPSA) is 64.8 Å². The molecule has 0 saturated carbocycles. The molecule has 0 amide bonds. The molecule has 20 heavy (non-hydrogen) atoms. The van der Waals surface area contributed by atoms with Gasteiger partial charge in [-0.1, -0.05) is 12.1 Å². The molecule has 5 nitrogen and oxygen atoms in total. The van der Waals surface area contributed by atoms with E-state index in [1.54, 1.807) is 7.11 Å². The van der Waals surface area contributed by atoms with E-state index in [9.17, 15) is 4.79 Å². The van der Waals surface area contributed by atoms with Gasteiger partial charge in [0.1, 0.15) is 5.75 Å². The fraction of sp³-hybridized carbons (Fsp3) is 0.533. The molecule has 0 spiro atoms. The van der Waals surface area contributed by atoms with Crippen molar-refractivity contribution >= 4 is 5.97 Å². The third-order valence-corrected chi connectivity index (χ3v) is 3.17. The van der Waals surface area contributed by atoms with Gasteiger partial charge in [0.2, 0.25) is 0 Å². The SMILES string of the molecule is COC(=O)CCCN(C)Cc1ccc(CN)c(OC)c1. The highest BCUT2D eigenvalue weighted by Gasteiger charge is 2.06. The minimum Gasteiger partial charge on any atom is -0.496 e. The molecule has 0 unspecified atom stereocenters. The van der Waals surface area contributed by atoms with Crippen molar-refractivity contribution in [2.75, 3.05) is 27.8 Å². The van der Waals surface area contributed by atoms with Crippen LogP contribution in [0.2, 0.25) is 0 Å². The van der Waals surface area contributed by atoms with E-state index in [0.29, 0.717) is 13.0 Å². The summed E-state index contributed by atoms with van der Waals surface area (Å²) in [6.07, 6.45) is 1.25. The molecule has 2 N–H and O–H groups in total. The highest BCUT2D eigenvalue weighted by atomic mass is 16.5. The predicted octanol–water partition coefficient (Wildman–Crippen LogP) is 1.54. The van der Waals surface area contributed by atoms with Crippen LogP contribution in [0.5, 0.6) is 5.75 Å². The molecular formula is C15H24N2O3. The Morgan fingerprint density at radius 2 is 2.10 bits per heavy atom. The van der Waals surface area contributed by atoms with Gasteiger partial charge in [-0.15, -0.1) is 0 Å². The Balaban J connectivity index is 2.49. The Kier molecular flexibility index (Phi) is 7.04. The van der Waals surface area contributed by atoms with Crippen LogP contribution >= 0.6 is 0 Å². The number of methoxy groups -OCH3 is 2. The van der Waals surface area contributed by atoms with Gasteiger partial charge in [-0.25, -0.2) is 0 Å². The maximum absolute atomic E-state index is 11.0. The normalized spacial score (nSPS) is 10.7. The lowest BCUT2D eigenvalue weighted by molar-refractivity contribution is -0.140. The summed E-state index contributed by atoms with van der Waals surface area (Å²) in [6, 6.07) is 6.07. The van der Waals surface area contributed by atoms with Gasteiger partial charge in [0.05, 0.1) is 14.2 Å². The summed E-state index contributed by atoms with van der Waals surface area (Å²) in [5.74, 6) is 0.667. The molecule has 0 aliphatic heterocycles. The lowest BCUT2D eigenvalue weighted by Gasteiger charge is -2.17. The molecule has 0 radical (unpaired) electrons. The number of nitrogens with zero attached hydrogens (tertiary/aromatic N) is 1. The van der Waals surface area contributed by atoms with Crippen molar-refractivity contribution in [2.24, 2.45) is 5.73 Å². The number of carbonyl (C=O) groups excluding carboxylic acids is 1. The molecule has 0 bridgehead atoms. The number of rotatable bonds is 8. The lowest BCUT2D eigenvalue weighted by atomic mass is 10.1. The van der Waals surface area contributed by atoms with E-state index in [1.165, 1.54) is 12.7 Å². The summed E-state index contributed by atoms with van der Waals surface area (Å²) in [7, 11) is 5.09. The first-order chi connectivity index (χ1) is 9.60. The first kappa shape index (κ1) is 16.5. The highest BCUT2D eigenvalue weighted by Crippen LogP contribution is 2.20. The van der Waals surface area contributed by atoms with E-state index in [-0.39, 0.29) is 5.97 Å². The van der Waals surface area contributed by atoms with Crippen LogP contribution in [0.25, 0.3) is 0 Å². The zero-order valence-electron chi connectivity index (χ0n) is 12.5. The standard InChI is InChI=1S/C15H24N2O3/c1-17(8-4-5-15(18)20-3)11-12-6-7-13(10-16)14(9-12)19-2/h6-7,9H,4-5,8,10-11,16H2,1-3H3. The summed E-state index contributed by atoms with van der Waals surface area (Å²) in [5, 5.41) is 0. The van der Waals surface area contributed by atoms with Crippen LogP contribution in [0, 0.1) is 0 Å². The maximum Gasteiger partial charge on any atom is 0.305 e. The van der Waals surface area contributed by atoms with Crippen LogP contribution in [-0.2, 0) is 22.6 Å². The predicted molar refractivity (Wildman–Crippen MR) is 78.5 cm³/mol. The Labute approximate surface area is 120 Å². The fourth-order valence-electron chi connectivity index (χ4n) is 2.04. The van der Waals surface area contributed by atoms with Gasteiger partial charge in [-0.3, -0.25) is 4.79 Å². The smallest absolute Gasteiger partial charge is 0.305 e. The molecular weight excluding hydrogens is 256 g/mol. The van der Waals surface area contributed by atoms with E-state index in [4.69, 9.17) is 10.5 Å². The summed E-state index contributed by atoms with van der Waals surface area (Å²) >= 11 is 0. The van der Waals surface area contributed by atoms with E-state index in [0.717, 1.165) is 30.8 Å². The molecule has 112 valence electrons. The molecule has 0 atom stereocenters. The molecule has 0 aliphatic rings. The van der Waals surface area contributed by atoms with Gasteiger partial charge in [0.15, 0.2) is 0 Å². The van der Waals surface area contributed by atoms with Gasteiger partial charge < -0.3 is 20.1 Å². The van der Waals surface area contributed by atoms with Gasteiger partial charge in [-0.05, 0) is 31.6 Å². The Bertz CT molecular complexity index is 435. The number of ether oxygens (including phenoxy) is 2. The molecule has 0 aromatic heterocycles. The van der Waals surface area contributed by atoms with Crippen LogP contribution in [0.15, 0.2) is 18.2 Å². The van der Waals surface area contributed by atoms with Gasteiger partial charge >= 0.3 is 5.97 Å². The summed E-state index contributed by atoms with van der Waals surface area (Å²) in [4.78, 5) is 13.2. The third-order valence-electron chi connectivity index (χ3n) is 3.17. The second-order valence-corrected chi connectivity index (χ2v) is 4.77. The molecule has 0 heterocycles. The van der Waals surface area contributed by atoms with E-state index >= 15 is 0 Å². The van der Waals surface area contributed by atoms with Crippen molar-refractivity contribution in [3.63, 3.8) is 0 Å². The van der Waals surface area contributed by atoms with Gasteiger partial charge in [0, 0.05) is 25.1 Å². The van der Waals surface area contributed by atoms with Crippen molar-refractivity contribution in [1.82, 2.24) is 4.90 Å². The molecule has 0 fully saturated rings. The lowest BCUT2D eigenvalue weighted by Crippen LogP contribution is -2.20. The average molecular weight is 280 g/mol. The molecule has 1 rings (SSSR count). The summed E-state index contributed by atoms with van der Waals surface area (Å²) in [5.41, 5.74) is 7.82. The van der Waals surface area contributed by atoms with E-state index in [1.807, 2.05) is 19.2 Å². The van der Waals surface area contributed by atoms with Crippen molar-refractivity contribution in [3.05, 3.63) is 29.3 Å². The van der Waals surface area contributed by atoms with E-state index < -0.39 is 0 Å². The van der Waals surface area contributed by atoms with Crippen LogP contribution in [0.1, 0.15) is 24.0 Å². The largest absolute Gasteiger partial charge is 0.496 e. The van der Waals surface area contributed by atoms with E-state index in [2.05, 4.69) is 15.7 Å². The second kappa shape index (κ2) is 8.55. The van der Waals surface area contributed by atoms with Crippen LogP contribution < -0.4 is 10.5 Å². The van der Waals surface area contributed by atoms with Crippen molar-refractivity contribution in [2.45, 2.75) is 25.9 Å². The number of hydrogen-bond acceptors (Lipinski definition) is 5. The molecule has 5 heteroatoms. The minimum absolute atomic E-state index is 0.160. The zero-order chi connectivity index (χ0) is 15.0. The number of esters is 1. The number of benzene rings is 1. The Hall–Kier alpha value is -1.59. The number of hydrogen-bond donors (Lipinski definition) is 1. The monoisotopic (exact) mass is 280 g/mol. The average Bonchev–Trinajstić information content (AvgIpc) is 2.46. The first-order valence-electron chi connectivity index (χ1n) is 6.72. The second-order valence-electron chi connectivity index (χ2n) is 4.77. The Morgan fingerprint density at radius 1 is 1.35 bits per heavy atom. The van der Waals surface area contributed by atoms with Crippen molar-refractivity contribution in [3.8, 4) is 5.75 Å². The fourth-order valence-corrected chi connectivity index (χ4v) is 2.04. The van der Waals surface area contributed by atoms with Gasteiger partial charge in [0.25, 0.3) is 0 Å². The van der Waals surface area contributed by atoms with Gasteiger partial charge in [-0.2, -0.15) is 0 Å². The minimum atomic E-state index is -0.160. The molecule has 1 aromatic carbocycles. The maximum atomic E-state index is 11.0. The quantitative estimate of drug-likeness (QED) is 0.732. The number of carbonyl (C=O) groups is 1. The summed E-state index contributed by atoms with van der Waals surface area (Å²) in [6.45, 7) is 2.12. The van der Waals surface area contributed by atoms with Crippen LogP contribution in [-0.4, -0.2) is 38.7 Å².